The van der Waals surface area contributed by atoms with Crippen molar-refractivity contribution in [2.45, 2.75) is 24.9 Å². The zero-order valence-electron chi connectivity index (χ0n) is 12.9. The summed E-state index contributed by atoms with van der Waals surface area (Å²) in [7, 11) is 4.27. The molecule has 2 atom stereocenters. The van der Waals surface area contributed by atoms with Gasteiger partial charge in [0.1, 0.15) is 0 Å². The van der Waals surface area contributed by atoms with Crippen molar-refractivity contribution in [1.29, 1.82) is 0 Å². The van der Waals surface area contributed by atoms with Crippen molar-refractivity contribution < 1.29 is 9.47 Å². The molecule has 2 unspecified atom stereocenters. The molecule has 21 heavy (non-hydrogen) atoms. The van der Waals surface area contributed by atoms with Gasteiger partial charge in [-0.1, -0.05) is 6.07 Å². The lowest BCUT2D eigenvalue weighted by Crippen LogP contribution is -2.41. The molecule has 1 fully saturated rings. The maximum Gasteiger partial charge on any atom is 0.231 e. The van der Waals surface area contributed by atoms with E-state index in [4.69, 9.17) is 15.2 Å². The van der Waals surface area contributed by atoms with Gasteiger partial charge < -0.3 is 20.1 Å². The molecule has 0 aromatic heterocycles. The van der Waals surface area contributed by atoms with Gasteiger partial charge in [-0.3, -0.25) is 4.90 Å². The van der Waals surface area contributed by atoms with Gasteiger partial charge in [0.05, 0.1) is 0 Å². The molecule has 116 valence electrons. The van der Waals surface area contributed by atoms with Crippen LogP contribution in [0.5, 0.6) is 11.5 Å². The van der Waals surface area contributed by atoms with Gasteiger partial charge >= 0.3 is 0 Å². The summed E-state index contributed by atoms with van der Waals surface area (Å²) in [5.74, 6) is 1.63. The fourth-order valence-corrected chi connectivity index (χ4v) is 3.27. The molecule has 0 radical (unpaired) electrons. The third-order valence-electron chi connectivity index (χ3n) is 4.33. The van der Waals surface area contributed by atoms with E-state index >= 15 is 0 Å². The quantitative estimate of drug-likeness (QED) is 0.889. The third-order valence-corrected chi connectivity index (χ3v) is 4.33. The summed E-state index contributed by atoms with van der Waals surface area (Å²) in [6.07, 6.45) is 2.54. The second-order valence-electron chi connectivity index (χ2n) is 6.27. The molecule has 2 heterocycles. The largest absolute Gasteiger partial charge is 0.454 e. The summed E-state index contributed by atoms with van der Waals surface area (Å²) >= 11 is 0. The van der Waals surface area contributed by atoms with Crippen LogP contribution < -0.4 is 15.2 Å². The van der Waals surface area contributed by atoms with Gasteiger partial charge in [0.15, 0.2) is 11.5 Å². The first kappa shape index (κ1) is 14.6. The summed E-state index contributed by atoms with van der Waals surface area (Å²) in [5.41, 5.74) is 7.53. The molecule has 0 aliphatic carbocycles. The standard InChI is InChI=1S/C16H25N3O2/c1-18(2)9-13-4-3-7-19(13)10-14(17)12-5-6-15-16(8-12)21-11-20-15/h5-6,8,13-14H,3-4,7,9-11,17H2,1-2H3. The number of ether oxygens (including phenoxy) is 2. The Labute approximate surface area is 126 Å². The lowest BCUT2D eigenvalue weighted by Gasteiger charge is -2.29. The van der Waals surface area contributed by atoms with Crippen molar-refractivity contribution in [1.82, 2.24) is 9.80 Å². The molecular formula is C16H25N3O2. The smallest absolute Gasteiger partial charge is 0.231 e. The van der Waals surface area contributed by atoms with Crippen molar-refractivity contribution in [3.63, 3.8) is 0 Å². The Morgan fingerprint density at radius 3 is 2.95 bits per heavy atom. The number of likely N-dealkylation sites (N-methyl/N-ethyl adjacent to an activating group) is 1. The molecule has 1 aromatic rings. The molecule has 2 N–H and O–H groups in total. The number of hydrogen-bond acceptors (Lipinski definition) is 5. The highest BCUT2D eigenvalue weighted by Crippen LogP contribution is 2.34. The average Bonchev–Trinajstić information content (AvgIpc) is 3.06. The van der Waals surface area contributed by atoms with Crippen LogP contribution in [0, 0.1) is 0 Å². The number of rotatable bonds is 5. The van der Waals surface area contributed by atoms with Crippen LogP contribution in [-0.2, 0) is 0 Å². The third kappa shape index (κ3) is 3.31. The molecule has 2 aliphatic rings. The predicted octanol–water partition coefficient (Wildman–Crippen LogP) is 1.44. The lowest BCUT2D eigenvalue weighted by molar-refractivity contribution is 0.174. The number of fused-ring (bicyclic) bond motifs is 1. The minimum Gasteiger partial charge on any atom is -0.454 e. The molecule has 0 bridgehead atoms. The Bertz CT molecular complexity index is 492. The Hall–Kier alpha value is -1.30. The van der Waals surface area contributed by atoms with Gasteiger partial charge in [-0.15, -0.1) is 0 Å². The predicted molar refractivity (Wildman–Crippen MR) is 82.6 cm³/mol. The maximum absolute atomic E-state index is 6.41. The molecule has 5 heteroatoms. The minimum atomic E-state index is 0.0160. The van der Waals surface area contributed by atoms with Crippen molar-refractivity contribution in [3.05, 3.63) is 23.8 Å². The second kappa shape index (κ2) is 6.22. The Balaban J connectivity index is 1.64. The van der Waals surface area contributed by atoms with E-state index < -0.39 is 0 Å². The van der Waals surface area contributed by atoms with Crippen LogP contribution in [0.1, 0.15) is 24.4 Å². The SMILES string of the molecule is CN(C)CC1CCCN1CC(N)c1ccc2c(c1)OCO2. The zero-order chi connectivity index (χ0) is 14.8. The topological polar surface area (TPSA) is 51.0 Å². The van der Waals surface area contributed by atoms with Gasteiger partial charge in [0.25, 0.3) is 0 Å². The number of likely N-dealkylation sites (tertiary alicyclic amines) is 1. The minimum absolute atomic E-state index is 0.0160. The summed E-state index contributed by atoms with van der Waals surface area (Å²) < 4.78 is 10.8. The van der Waals surface area contributed by atoms with Crippen molar-refractivity contribution in [2.24, 2.45) is 5.73 Å². The van der Waals surface area contributed by atoms with Gasteiger partial charge in [-0.25, -0.2) is 0 Å². The van der Waals surface area contributed by atoms with Crippen LogP contribution in [0.2, 0.25) is 0 Å². The fourth-order valence-electron chi connectivity index (χ4n) is 3.27. The highest BCUT2D eigenvalue weighted by Gasteiger charge is 2.27. The molecule has 1 aromatic carbocycles. The molecule has 5 nitrogen and oxygen atoms in total. The van der Waals surface area contributed by atoms with E-state index in [2.05, 4.69) is 30.0 Å². The van der Waals surface area contributed by atoms with E-state index in [9.17, 15) is 0 Å². The van der Waals surface area contributed by atoms with Crippen LogP contribution in [0.15, 0.2) is 18.2 Å². The highest BCUT2D eigenvalue weighted by atomic mass is 16.7. The average molecular weight is 291 g/mol. The van der Waals surface area contributed by atoms with Crippen molar-refractivity contribution >= 4 is 0 Å². The fraction of sp³-hybridized carbons (Fsp3) is 0.625. The molecule has 0 amide bonds. The van der Waals surface area contributed by atoms with E-state index in [-0.39, 0.29) is 6.04 Å². The van der Waals surface area contributed by atoms with Crippen LogP contribution in [0.4, 0.5) is 0 Å². The van der Waals surface area contributed by atoms with Crippen LogP contribution in [0.25, 0.3) is 0 Å². The first-order chi connectivity index (χ1) is 10.1. The van der Waals surface area contributed by atoms with Gasteiger partial charge in [-0.05, 0) is 51.2 Å². The Morgan fingerprint density at radius 1 is 1.33 bits per heavy atom. The summed E-state index contributed by atoms with van der Waals surface area (Å²) in [4.78, 5) is 4.78. The molecule has 0 saturated carbocycles. The first-order valence-electron chi connectivity index (χ1n) is 7.67. The van der Waals surface area contributed by atoms with E-state index in [1.54, 1.807) is 0 Å². The van der Waals surface area contributed by atoms with Gasteiger partial charge in [0.2, 0.25) is 6.79 Å². The van der Waals surface area contributed by atoms with Gasteiger partial charge in [0, 0.05) is 25.2 Å². The van der Waals surface area contributed by atoms with E-state index in [1.165, 1.54) is 12.8 Å². The van der Waals surface area contributed by atoms with Crippen LogP contribution in [0.3, 0.4) is 0 Å². The van der Waals surface area contributed by atoms with E-state index in [0.717, 1.165) is 36.7 Å². The zero-order valence-corrected chi connectivity index (χ0v) is 12.9. The number of hydrogen-bond donors (Lipinski definition) is 1. The van der Waals surface area contributed by atoms with E-state index in [1.807, 2.05) is 12.1 Å². The van der Waals surface area contributed by atoms with Crippen molar-refractivity contribution in [2.75, 3.05) is 40.5 Å². The van der Waals surface area contributed by atoms with Gasteiger partial charge in [-0.2, -0.15) is 0 Å². The Morgan fingerprint density at radius 2 is 2.14 bits per heavy atom. The first-order valence-corrected chi connectivity index (χ1v) is 7.67. The van der Waals surface area contributed by atoms with Crippen LogP contribution in [-0.4, -0.2) is 56.4 Å². The molecule has 1 saturated heterocycles. The molecule has 0 spiro atoms. The maximum atomic E-state index is 6.41. The Kier molecular flexibility index (Phi) is 4.33. The summed E-state index contributed by atoms with van der Waals surface area (Å²) in [5, 5.41) is 0. The monoisotopic (exact) mass is 291 g/mol. The second-order valence-corrected chi connectivity index (χ2v) is 6.27. The highest BCUT2D eigenvalue weighted by molar-refractivity contribution is 5.45. The molecular weight excluding hydrogens is 266 g/mol. The summed E-state index contributed by atoms with van der Waals surface area (Å²) in [6, 6.07) is 6.67. The molecule has 2 aliphatic heterocycles. The molecule has 3 rings (SSSR count). The normalized spacial score (nSPS) is 23.0. The number of nitrogens with two attached hydrogens (primary N) is 1. The summed E-state index contributed by atoms with van der Waals surface area (Å²) in [6.45, 7) is 3.47. The van der Waals surface area contributed by atoms with Crippen LogP contribution >= 0.6 is 0 Å². The number of benzene rings is 1. The van der Waals surface area contributed by atoms with Crippen molar-refractivity contribution in [3.8, 4) is 11.5 Å². The lowest BCUT2D eigenvalue weighted by atomic mass is 10.1. The number of nitrogens with zero attached hydrogens (tertiary/aromatic N) is 2. The van der Waals surface area contributed by atoms with E-state index in [0.29, 0.717) is 12.8 Å².